The van der Waals surface area contributed by atoms with Crippen LogP contribution in [0, 0.1) is 0 Å². The molecule has 0 aromatic heterocycles. The molecule has 0 aliphatic rings. The van der Waals surface area contributed by atoms with Gasteiger partial charge in [-0.25, -0.2) is 0 Å². The standard InChI is InChI=1S/C26H22N2O3/c1-19(29)22-13-15-23(16-14-22)27-26(31)24(18-21-10-6-3-7-11-21)28-25(30)17-12-20-8-4-2-5-9-20/h2-18H,1H3,(H,27,31)(H,28,30)/b17-12+,24-18+. The number of hydrogen-bond acceptors (Lipinski definition) is 3. The van der Waals surface area contributed by atoms with Gasteiger partial charge in [-0.3, -0.25) is 14.4 Å². The minimum absolute atomic E-state index is 0.0556. The summed E-state index contributed by atoms with van der Waals surface area (Å²) in [6.07, 6.45) is 4.66. The highest BCUT2D eigenvalue weighted by atomic mass is 16.2. The minimum atomic E-state index is -0.471. The Kier molecular flexibility index (Phi) is 7.27. The quantitative estimate of drug-likeness (QED) is 0.438. The van der Waals surface area contributed by atoms with Gasteiger partial charge in [-0.2, -0.15) is 0 Å². The van der Waals surface area contributed by atoms with Crippen molar-refractivity contribution in [3.8, 4) is 0 Å². The first-order chi connectivity index (χ1) is 15.0. The maximum Gasteiger partial charge on any atom is 0.272 e. The van der Waals surface area contributed by atoms with Crippen LogP contribution >= 0.6 is 0 Å². The van der Waals surface area contributed by atoms with Gasteiger partial charge in [-0.05, 0) is 54.5 Å². The largest absolute Gasteiger partial charge is 0.321 e. The summed E-state index contributed by atoms with van der Waals surface area (Å²) in [6, 6.07) is 25.2. The second-order valence-electron chi connectivity index (χ2n) is 6.79. The van der Waals surface area contributed by atoms with Gasteiger partial charge in [-0.1, -0.05) is 60.7 Å². The van der Waals surface area contributed by atoms with Gasteiger partial charge in [0.2, 0.25) is 5.91 Å². The van der Waals surface area contributed by atoms with Crippen LogP contribution in [0.2, 0.25) is 0 Å². The first-order valence-corrected chi connectivity index (χ1v) is 9.74. The molecule has 154 valence electrons. The predicted molar refractivity (Wildman–Crippen MR) is 123 cm³/mol. The molecule has 0 saturated carbocycles. The molecule has 0 heterocycles. The lowest BCUT2D eigenvalue weighted by Crippen LogP contribution is -2.29. The zero-order chi connectivity index (χ0) is 22.1. The number of Topliss-reactive ketones (excluding diaryl/α,β-unsaturated/α-hetero) is 1. The topological polar surface area (TPSA) is 75.3 Å². The van der Waals surface area contributed by atoms with Crippen molar-refractivity contribution in [3.63, 3.8) is 0 Å². The molecule has 5 heteroatoms. The highest BCUT2D eigenvalue weighted by molar-refractivity contribution is 6.10. The SMILES string of the molecule is CC(=O)c1ccc(NC(=O)/C(=C\c2ccccc2)NC(=O)/C=C/c2ccccc2)cc1. The van der Waals surface area contributed by atoms with Gasteiger partial charge in [0.05, 0.1) is 0 Å². The van der Waals surface area contributed by atoms with Crippen LogP contribution in [0.3, 0.4) is 0 Å². The van der Waals surface area contributed by atoms with E-state index in [1.807, 2.05) is 60.7 Å². The molecule has 3 rings (SSSR count). The summed E-state index contributed by atoms with van der Waals surface area (Å²) in [5.41, 5.74) is 2.82. The van der Waals surface area contributed by atoms with E-state index < -0.39 is 11.8 Å². The van der Waals surface area contributed by atoms with Crippen molar-refractivity contribution in [2.75, 3.05) is 5.32 Å². The fraction of sp³-hybridized carbons (Fsp3) is 0.0385. The fourth-order valence-electron chi connectivity index (χ4n) is 2.77. The zero-order valence-corrected chi connectivity index (χ0v) is 17.0. The molecule has 0 atom stereocenters. The Morgan fingerprint density at radius 2 is 1.32 bits per heavy atom. The van der Waals surface area contributed by atoms with Crippen molar-refractivity contribution in [3.05, 3.63) is 113 Å². The van der Waals surface area contributed by atoms with Gasteiger partial charge in [0.25, 0.3) is 5.91 Å². The molecular weight excluding hydrogens is 388 g/mol. The second kappa shape index (κ2) is 10.5. The first kappa shape index (κ1) is 21.5. The van der Waals surface area contributed by atoms with Crippen molar-refractivity contribution in [2.24, 2.45) is 0 Å². The number of nitrogens with one attached hydrogen (secondary N) is 2. The lowest BCUT2D eigenvalue weighted by atomic mass is 10.1. The summed E-state index contributed by atoms with van der Waals surface area (Å²) < 4.78 is 0. The molecule has 0 aliphatic carbocycles. The van der Waals surface area contributed by atoms with E-state index in [1.165, 1.54) is 13.0 Å². The van der Waals surface area contributed by atoms with Crippen molar-refractivity contribution in [2.45, 2.75) is 6.92 Å². The second-order valence-corrected chi connectivity index (χ2v) is 6.79. The third-order valence-electron chi connectivity index (χ3n) is 4.39. The number of ketones is 1. The Morgan fingerprint density at radius 3 is 1.90 bits per heavy atom. The molecule has 5 nitrogen and oxygen atoms in total. The molecule has 2 amide bonds. The maximum atomic E-state index is 12.9. The van der Waals surface area contributed by atoms with E-state index in [9.17, 15) is 14.4 Å². The molecule has 0 fully saturated rings. The summed E-state index contributed by atoms with van der Waals surface area (Å²) >= 11 is 0. The van der Waals surface area contributed by atoms with E-state index in [-0.39, 0.29) is 11.5 Å². The van der Waals surface area contributed by atoms with Gasteiger partial charge in [0.1, 0.15) is 5.70 Å². The van der Waals surface area contributed by atoms with Crippen LogP contribution in [0.25, 0.3) is 12.2 Å². The lowest BCUT2D eigenvalue weighted by molar-refractivity contribution is -0.118. The zero-order valence-electron chi connectivity index (χ0n) is 17.0. The van der Waals surface area contributed by atoms with E-state index >= 15 is 0 Å². The van der Waals surface area contributed by atoms with E-state index in [2.05, 4.69) is 10.6 Å². The molecule has 0 spiro atoms. The van der Waals surface area contributed by atoms with Gasteiger partial charge in [0, 0.05) is 17.3 Å². The van der Waals surface area contributed by atoms with E-state index in [1.54, 1.807) is 36.4 Å². The predicted octanol–water partition coefficient (Wildman–Crippen LogP) is 4.70. The molecule has 0 bridgehead atoms. The highest BCUT2D eigenvalue weighted by Gasteiger charge is 2.13. The summed E-state index contributed by atoms with van der Waals surface area (Å²) in [7, 11) is 0. The minimum Gasteiger partial charge on any atom is -0.321 e. The maximum absolute atomic E-state index is 12.9. The molecule has 0 saturated heterocycles. The molecular formula is C26H22N2O3. The first-order valence-electron chi connectivity index (χ1n) is 9.74. The number of benzene rings is 3. The van der Waals surface area contributed by atoms with Gasteiger partial charge in [-0.15, -0.1) is 0 Å². The highest BCUT2D eigenvalue weighted by Crippen LogP contribution is 2.13. The summed E-state index contributed by atoms with van der Waals surface area (Å²) in [5.74, 6) is -0.950. The molecule has 3 aromatic rings. The number of carbonyl (C=O) groups is 3. The molecule has 3 aromatic carbocycles. The number of rotatable bonds is 7. The van der Waals surface area contributed by atoms with E-state index in [0.717, 1.165) is 11.1 Å². The van der Waals surface area contributed by atoms with Crippen LogP contribution in [0.4, 0.5) is 5.69 Å². The molecule has 0 aliphatic heterocycles. The summed E-state index contributed by atoms with van der Waals surface area (Å²) in [4.78, 5) is 36.7. The Bertz CT molecular complexity index is 1120. The molecule has 0 radical (unpaired) electrons. The number of anilines is 1. The average molecular weight is 410 g/mol. The van der Waals surface area contributed by atoms with Gasteiger partial charge < -0.3 is 10.6 Å². The monoisotopic (exact) mass is 410 g/mol. The molecule has 2 N–H and O–H groups in total. The third-order valence-corrected chi connectivity index (χ3v) is 4.39. The Labute approximate surface area is 181 Å². The number of hydrogen-bond donors (Lipinski definition) is 2. The number of amides is 2. The third kappa shape index (κ3) is 6.65. The van der Waals surface area contributed by atoms with Crippen LogP contribution in [0.15, 0.2) is 96.7 Å². The smallest absolute Gasteiger partial charge is 0.272 e. The van der Waals surface area contributed by atoms with Crippen molar-refractivity contribution in [1.29, 1.82) is 0 Å². The van der Waals surface area contributed by atoms with Crippen LogP contribution < -0.4 is 10.6 Å². The summed E-state index contributed by atoms with van der Waals surface area (Å²) in [6.45, 7) is 1.48. The number of carbonyl (C=O) groups excluding carboxylic acids is 3. The van der Waals surface area contributed by atoms with Crippen molar-refractivity contribution in [1.82, 2.24) is 5.32 Å². The van der Waals surface area contributed by atoms with Crippen LogP contribution in [0.5, 0.6) is 0 Å². The van der Waals surface area contributed by atoms with Crippen LogP contribution in [0.1, 0.15) is 28.4 Å². The van der Waals surface area contributed by atoms with Crippen LogP contribution in [-0.4, -0.2) is 17.6 Å². The van der Waals surface area contributed by atoms with E-state index in [4.69, 9.17) is 0 Å². The van der Waals surface area contributed by atoms with Crippen molar-refractivity contribution < 1.29 is 14.4 Å². The van der Waals surface area contributed by atoms with E-state index in [0.29, 0.717) is 11.3 Å². The lowest BCUT2D eigenvalue weighted by Gasteiger charge is -2.10. The Hall–Kier alpha value is -4.25. The fourth-order valence-corrected chi connectivity index (χ4v) is 2.77. The van der Waals surface area contributed by atoms with Crippen LogP contribution in [-0.2, 0) is 9.59 Å². The molecule has 0 unspecified atom stereocenters. The Morgan fingerprint density at radius 1 is 0.742 bits per heavy atom. The van der Waals surface area contributed by atoms with Crippen molar-refractivity contribution >= 4 is 35.4 Å². The summed E-state index contributed by atoms with van der Waals surface area (Å²) in [5, 5.41) is 5.40. The average Bonchev–Trinajstić information content (AvgIpc) is 2.79. The van der Waals surface area contributed by atoms with Gasteiger partial charge in [0.15, 0.2) is 5.78 Å². The van der Waals surface area contributed by atoms with Gasteiger partial charge >= 0.3 is 0 Å². The Balaban J connectivity index is 1.78. The molecule has 31 heavy (non-hydrogen) atoms. The normalized spacial score (nSPS) is 11.2.